The van der Waals surface area contributed by atoms with Gasteiger partial charge in [0.2, 0.25) is 0 Å². The number of amides is 1. The van der Waals surface area contributed by atoms with Gasteiger partial charge in [0.25, 0.3) is 5.91 Å². The van der Waals surface area contributed by atoms with Crippen molar-refractivity contribution in [1.82, 2.24) is 0 Å². The zero-order valence-corrected chi connectivity index (χ0v) is 10.4. The van der Waals surface area contributed by atoms with E-state index in [0.717, 1.165) is 49.2 Å². The Bertz CT molecular complexity index is 467. The van der Waals surface area contributed by atoms with E-state index in [2.05, 4.69) is 0 Å². The third-order valence-electron chi connectivity index (χ3n) is 3.76. The highest BCUT2D eigenvalue weighted by Gasteiger charge is 2.31. The molecule has 0 bridgehead atoms. The van der Waals surface area contributed by atoms with Crippen molar-refractivity contribution in [2.24, 2.45) is 0 Å². The lowest BCUT2D eigenvalue weighted by molar-refractivity contribution is -0.127. The molecule has 4 heteroatoms. The van der Waals surface area contributed by atoms with Crippen LogP contribution in [-0.4, -0.2) is 25.2 Å². The zero-order chi connectivity index (χ0) is 12.5. The fourth-order valence-corrected chi connectivity index (χ4v) is 2.83. The molecule has 0 radical (unpaired) electrons. The molecule has 1 fully saturated rings. The van der Waals surface area contributed by atoms with Gasteiger partial charge in [0.15, 0.2) is 0 Å². The smallest absolute Gasteiger partial charge is 0.256 e. The normalized spacial score (nSPS) is 22.9. The first-order chi connectivity index (χ1) is 8.77. The number of ether oxygens (including phenoxy) is 1. The number of anilines is 2. The maximum absolute atomic E-state index is 12.4. The third-order valence-corrected chi connectivity index (χ3v) is 3.76. The molecule has 1 atom stereocenters. The number of fused-ring (bicyclic) bond motifs is 1. The first-order valence-electron chi connectivity index (χ1n) is 6.58. The summed E-state index contributed by atoms with van der Waals surface area (Å²) in [5.74, 6) is 0.0963. The summed E-state index contributed by atoms with van der Waals surface area (Å²) in [5.41, 5.74) is 8.86. The Balaban J connectivity index is 1.91. The van der Waals surface area contributed by atoms with Crippen LogP contribution in [0.1, 0.15) is 24.8 Å². The summed E-state index contributed by atoms with van der Waals surface area (Å²) in [7, 11) is 0. The van der Waals surface area contributed by atoms with Crippen LogP contribution in [0.3, 0.4) is 0 Å². The van der Waals surface area contributed by atoms with Gasteiger partial charge in [-0.2, -0.15) is 0 Å². The predicted molar refractivity (Wildman–Crippen MR) is 70.5 cm³/mol. The molecule has 3 rings (SSSR count). The molecule has 4 nitrogen and oxygen atoms in total. The van der Waals surface area contributed by atoms with Crippen LogP contribution >= 0.6 is 0 Å². The number of benzene rings is 1. The van der Waals surface area contributed by atoms with Gasteiger partial charge < -0.3 is 15.4 Å². The van der Waals surface area contributed by atoms with E-state index >= 15 is 0 Å². The molecule has 1 aromatic carbocycles. The van der Waals surface area contributed by atoms with Crippen molar-refractivity contribution in [1.29, 1.82) is 0 Å². The first-order valence-corrected chi connectivity index (χ1v) is 6.58. The van der Waals surface area contributed by atoms with E-state index in [-0.39, 0.29) is 12.0 Å². The molecule has 96 valence electrons. The second kappa shape index (κ2) is 4.61. The van der Waals surface area contributed by atoms with Crippen molar-refractivity contribution in [3.8, 4) is 0 Å². The Morgan fingerprint density at radius 2 is 2.28 bits per heavy atom. The summed E-state index contributed by atoms with van der Waals surface area (Å²) in [6.07, 6.45) is 3.50. The molecular weight excluding hydrogens is 228 g/mol. The van der Waals surface area contributed by atoms with Gasteiger partial charge in [0, 0.05) is 24.5 Å². The van der Waals surface area contributed by atoms with E-state index in [9.17, 15) is 4.79 Å². The van der Waals surface area contributed by atoms with E-state index < -0.39 is 0 Å². The molecular formula is C14H18N2O2. The molecule has 0 saturated carbocycles. The standard InChI is InChI=1S/C14H18N2O2/c15-11-5-1-6-12-10(11)4-2-8-16(12)14(17)13-7-3-9-18-13/h1,5-6,13H,2-4,7-9,15H2/t13-/m0/s1. The van der Waals surface area contributed by atoms with E-state index in [1.165, 1.54) is 0 Å². The van der Waals surface area contributed by atoms with Gasteiger partial charge in [-0.05, 0) is 43.4 Å². The van der Waals surface area contributed by atoms with Crippen LogP contribution < -0.4 is 10.6 Å². The van der Waals surface area contributed by atoms with Crippen molar-refractivity contribution in [3.05, 3.63) is 23.8 Å². The lowest BCUT2D eigenvalue weighted by Crippen LogP contribution is -2.42. The largest absolute Gasteiger partial charge is 0.398 e. The summed E-state index contributed by atoms with van der Waals surface area (Å²) < 4.78 is 5.49. The van der Waals surface area contributed by atoms with Gasteiger partial charge in [0.05, 0.1) is 0 Å². The summed E-state index contributed by atoms with van der Waals surface area (Å²) in [4.78, 5) is 14.3. The molecule has 1 aromatic rings. The highest BCUT2D eigenvalue weighted by Crippen LogP contribution is 2.32. The van der Waals surface area contributed by atoms with E-state index in [4.69, 9.17) is 10.5 Å². The quantitative estimate of drug-likeness (QED) is 0.768. The molecule has 2 heterocycles. The molecule has 1 saturated heterocycles. The van der Waals surface area contributed by atoms with Crippen LogP contribution in [0.4, 0.5) is 11.4 Å². The highest BCUT2D eigenvalue weighted by atomic mass is 16.5. The zero-order valence-electron chi connectivity index (χ0n) is 10.4. The number of nitrogens with two attached hydrogens (primary N) is 1. The highest BCUT2D eigenvalue weighted by molar-refractivity contribution is 5.98. The van der Waals surface area contributed by atoms with Crippen molar-refractivity contribution < 1.29 is 9.53 Å². The molecule has 0 aromatic heterocycles. The molecule has 2 aliphatic heterocycles. The summed E-state index contributed by atoms with van der Waals surface area (Å²) in [6.45, 7) is 1.48. The minimum Gasteiger partial charge on any atom is -0.398 e. The lowest BCUT2D eigenvalue weighted by Gasteiger charge is -2.31. The fraction of sp³-hybridized carbons (Fsp3) is 0.500. The minimum atomic E-state index is -0.252. The monoisotopic (exact) mass is 246 g/mol. The average molecular weight is 246 g/mol. The maximum Gasteiger partial charge on any atom is 0.256 e. The van der Waals surface area contributed by atoms with Gasteiger partial charge >= 0.3 is 0 Å². The van der Waals surface area contributed by atoms with Gasteiger partial charge in [-0.15, -0.1) is 0 Å². The van der Waals surface area contributed by atoms with Crippen molar-refractivity contribution in [3.63, 3.8) is 0 Å². The summed E-state index contributed by atoms with van der Waals surface area (Å²) in [5, 5.41) is 0. The van der Waals surface area contributed by atoms with Gasteiger partial charge in [-0.3, -0.25) is 4.79 Å². The number of nitrogens with zero attached hydrogens (tertiary/aromatic N) is 1. The van der Waals surface area contributed by atoms with Crippen LogP contribution in [0.15, 0.2) is 18.2 Å². The second-order valence-electron chi connectivity index (χ2n) is 4.94. The molecule has 0 aliphatic carbocycles. The fourth-order valence-electron chi connectivity index (χ4n) is 2.83. The van der Waals surface area contributed by atoms with Crippen LogP contribution in [0.5, 0.6) is 0 Å². The van der Waals surface area contributed by atoms with Crippen LogP contribution in [-0.2, 0) is 16.0 Å². The molecule has 1 amide bonds. The number of carbonyl (C=O) groups excluding carboxylic acids is 1. The molecule has 2 N–H and O–H groups in total. The van der Waals surface area contributed by atoms with Crippen LogP contribution in [0.25, 0.3) is 0 Å². The van der Waals surface area contributed by atoms with Crippen LogP contribution in [0.2, 0.25) is 0 Å². The Hall–Kier alpha value is -1.55. The Morgan fingerprint density at radius 1 is 1.39 bits per heavy atom. The first kappa shape index (κ1) is 11.5. The number of rotatable bonds is 1. The topological polar surface area (TPSA) is 55.6 Å². The van der Waals surface area contributed by atoms with Crippen molar-refractivity contribution in [2.75, 3.05) is 23.8 Å². The molecule has 18 heavy (non-hydrogen) atoms. The molecule has 0 unspecified atom stereocenters. The van der Waals surface area contributed by atoms with E-state index in [0.29, 0.717) is 6.61 Å². The number of hydrogen-bond acceptors (Lipinski definition) is 3. The second-order valence-corrected chi connectivity index (χ2v) is 4.94. The van der Waals surface area contributed by atoms with Crippen molar-refractivity contribution >= 4 is 17.3 Å². The average Bonchev–Trinajstić information content (AvgIpc) is 2.92. The van der Waals surface area contributed by atoms with E-state index in [1.54, 1.807) is 0 Å². The molecule has 0 spiro atoms. The Labute approximate surface area is 107 Å². The Kier molecular flexibility index (Phi) is 2.96. The number of carbonyl (C=O) groups is 1. The number of nitrogen functional groups attached to an aromatic ring is 1. The van der Waals surface area contributed by atoms with Gasteiger partial charge in [0.1, 0.15) is 6.10 Å². The number of hydrogen-bond donors (Lipinski definition) is 1. The Morgan fingerprint density at radius 3 is 3.06 bits per heavy atom. The van der Waals surface area contributed by atoms with Crippen LogP contribution in [0, 0.1) is 0 Å². The van der Waals surface area contributed by atoms with Gasteiger partial charge in [-0.25, -0.2) is 0 Å². The van der Waals surface area contributed by atoms with E-state index in [1.807, 2.05) is 23.1 Å². The molecule has 2 aliphatic rings. The maximum atomic E-state index is 12.4. The summed E-state index contributed by atoms with van der Waals surface area (Å²) in [6, 6.07) is 5.80. The van der Waals surface area contributed by atoms with Crippen molar-refractivity contribution in [2.45, 2.75) is 31.8 Å². The van der Waals surface area contributed by atoms with Gasteiger partial charge in [-0.1, -0.05) is 6.07 Å². The lowest BCUT2D eigenvalue weighted by atomic mass is 9.99. The summed E-state index contributed by atoms with van der Waals surface area (Å²) >= 11 is 0. The third kappa shape index (κ3) is 1.86. The SMILES string of the molecule is Nc1cccc2c1CCCN2C(=O)[C@@H]1CCCO1. The predicted octanol–water partition coefficient (Wildman–Crippen LogP) is 1.73. The minimum absolute atomic E-state index is 0.0963.